The van der Waals surface area contributed by atoms with Crippen molar-refractivity contribution in [3.05, 3.63) is 182 Å². The van der Waals surface area contributed by atoms with Gasteiger partial charge in [-0.25, -0.2) is 19.7 Å². The van der Waals surface area contributed by atoms with Crippen LogP contribution in [-0.4, -0.2) is 134 Å². The van der Waals surface area contributed by atoms with E-state index in [4.69, 9.17) is 59.3 Å². The van der Waals surface area contributed by atoms with Gasteiger partial charge in [-0.15, -0.1) is 0 Å². The molecular weight excluding hydrogens is 1370 g/mol. The Kier molecular flexibility index (Phi) is 30.1. The number of aromatic nitrogens is 9. The Morgan fingerprint density at radius 3 is 1.26 bits per heavy atom. The van der Waals surface area contributed by atoms with E-state index >= 15 is 0 Å². The molecule has 0 radical (unpaired) electrons. The average molecular weight is 1470 g/mol. The minimum absolute atomic E-state index is 0. The van der Waals surface area contributed by atoms with Gasteiger partial charge in [0.05, 0.1) is 66.5 Å². The number of amides is 5. The van der Waals surface area contributed by atoms with Crippen LogP contribution in [0, 0.1) is 41.5 Å². The number of pyridine rings is 3. The maximum absolute atomic E-state index is 13.1. The number of fused-ring (bicyclic) bond motifs is 3. The number of rotatable bonds is 12. The van der Waals surface area contributed by atoms with Gasteiger partial charge >= 0.3 is 6.09 Å². The number of carbonyl (C=O) groups excluding carboxylic acids is 6. The van der Waals surface area contributed by atoms with Crippen LogP contribution in [0.15, 0.2) is 117 Å². The fourth-order valence-corrected chi connectivity index (χ4v) is 13.7. The third-order valence-electron chi connectivity index (χ3n) is 17.0. The second-order valence-corrected chi connectivity index (χ2v) is 27.4. The summed E-state index contributed by atoms with van der Waals surface area (Å²) >= 11 is 20.0. The summed E-state index contributed by atoms with van der Waals surface area (Å²) in [5, 5.41) is 14.2. The molecule has 550 valence electrons. The minimum Gasteiger partial charge on any atom is -0.444 e. The van der Waals surface area contributed by atoms with Crippen molar-refractivity contribution < 1.29 is 38.2 Å². The normalized spacial score (nSPS) is 15.9. The van der Waals surface area contributed by atoms with Gasteiger partial charge in [0.25, 0.3) is 24.2 Å². The lowest BCUT2D eigenvalue weighted by atomic mass is 10.1. The number of imidazole rings is 3. The van der Waals surface area contributed by atoms with Gasteiger partial charge in [-0.05, 0) is 216 Å². The summed E-state index contributed by atoms with van der Waals surface area (Å²) in [7, 11) is 0. The van der Waals surface area contributed by atoms with Crippen molar-refractivity contribution >= 4 is 122 Å². The van der Waals surface area contributed by atoms with E-state index in [-0.39, 0.29) is 70.1 Å². The van der Waals surface area contributed by atoms with Gasteiger partial charge in [-0.1, -0.05) is 76.7 Å². The Morgan fingerprint density at radius 2 is 0.903 bits per heavy atom. The van der Waals surface area contributed by atoms with E-state index in [9.17, 15) is 24.0 Å². The van der Waals surface area contributed by atoms with Crippen molar-refractivity contribution in [2.75, 3.05) is 55.2 Å². The lowest BCUT2D eigenvalue weighted by Gasteiger charge is -2.29. The second-order valence-electron chi connectivity index (χ2n) is 26.1. The molecule has 12 rings (SSSR count). The molecule has 26 heteroatoms. The molecule has 3 fully saturated rings. The van der Waals surface area contributed by atoms with Crippen LogP contribution >= 0.6 is 34.8 Å². The number of aryl methyl sites for hydroxylation is 6. The molecular formula is C77H98Cl3N15O8. The van der Waals surface area contributed by atoms with Crippen LogP contribution in [0.3, 0.4) is 0 Å². The van der Waals surface area contributed by atoms with Crippen molar-refractivity contribution in [2.24, 2.45) is 0 Å². The van der Waals surface area contributed by atoms with E-state index in [1.54, 1.807) is 64.8 Å². The van der Waals surface area contributed by atoms with E-state index in [1.165, 1.54) is 6.08 Å². The summed E-state index contributed by atoms with van der Waals surface area (Å²) in [6.07, 6.45) is 15.5. The first-order valence-electron chi connectivity index (χ1n) is 33.4. The first kappa shape index (κ1) is 82.4. The standard InChI is InChI=1S/C26H32ClN5O3.C24H26ClN5O2.C21H24ClN5O.C3H4O2.3CH4/c1-16-12-20(27)22-21(13-16)29-24(30-23(33)18-9-10-28-17(2)14-18)32(22)19-8-6-7-11-31(15-19)25(34)35-26(3,4)5;1-4-21(31)29-10-6-5-7-18(14-29)30-22-19(25)11-15(2)12-20(22)27-24(30)28-23(32)17-8-9-26-16(3)13-17;1-13-9-17(22)19-18(10-13)25-21(27(19)16-5-3-4-7-23-12-16)26-20(28)15-6-8-24-14(2)11-15;1-2-5-3-4;;;/h9-10,12-14,19H,6-8,11,15H2,1-5H3,(H,29,30,33);4,8-9,11-13,18H,1,5-7,10,14H2,2-3H3,(H,27,28,32);6,8-11,16,23H,3-5,7,12H2,1-2H3,(H,25,26,28);2-3H,1H2;3*1H4/t19-;18-;16-;;;;/m111..../s1. The predicted molar refractivity (Wildman–Crippen MR) is 413 cm³/mol. The minimum atomic E-state index is -0.580. The number of benzene rings is 3. The summed E-state index contributed by atoms with van der Waals surface area (Å²) in [5.41, 5.74) is 10.9. The Morgan fingerprint density at radius 1 is 0.534 bits per heavy atom. The van der Waals surface area contributed by atoms with Crippen molar-refractivity contribution in [3.8, 4) is 0 Å². The number of carbonyl (C=O) groups is 6. The molecule has 5 amide bonds. The van der Waals surface area contributed by atoms with Gasteiger partial charge in [-0.3, -0.25) is 54.9 Å². The van der Waals surface area contributed by atoms with Crippen LogP contribution in [0.4, 0.5) is 22.6 Å². The number of anilines is 3. The maximum atomic E-state index is 13.1. The van der Waals surface area contributed by atoms with Gasteiger partial charge in [0.1, 0.15) is 5.60 Å². The molecule has 3 aliphatic heterocycles. The fraction of sp³-hybridized carbons (Fsp3) is 0.403. The summed E-state index contributed by atoms with van der Waals surface area (Å²) in [6, 6.07) is 21.9. The average Bonchev–Trinajstić information content (AvgIpc) is 1.63. The summed E-state index contributed by atoms with van der Waals surface area (Å²) in [6.45, 7) is 28.1. The number of halogens is 3. The van der Waals surface area contributed by atoms with E-state index in [1.807, 2.05) is 108 Å². The number of likely N-dealkylation sites (tertiary alicyclic amines) is 2. The highest BCUT2D eigenvalue weighted by Gasteiger charge is 2.32. The number of hydrogen-bond donors (Lipinski definition) is 4. The maximum Gasteiger partial charge on any atom is 0.410 e. The van der Waals surface area contributed by atoms with Crippen LogP contribution in [-0.2, 0) is 19.1 Å². The Labute approximate surface area is 619 Å². The zero-order chi connectivity index (χ0) is 71.9. The second kappa shape index (κ2) is 37.6. The van der Waals surface area contributed by atoms with Gasteiger partial charge < -0.3 is 38.3 Å². The molecule has 0 saturated carbocycles. The molecule has 3 aliphatic rings. The molecule has 3 aromatic carbocycles. The molecule has 103 heavy (non-hydrogen) atoms. The lowest BCUT2D eigenvalue weighted by Crippen LogP contribution is -2.39. The number of nitrogens with zero attached hydrogens (tertiary/aromatic N) is 11. The van der Waals surface area contributed by atoms with Crippen LogP contribution in [0.2, 0.25) is 15.1 Å². The largest absolute Gasteiger partial charge is 0.444 e. The zero-order valence-corrected chi connectivity index (χ0v) is 60.2. The smallest absolute Gasteiger partial charge is 0.410 e. The molecule has 0 spiro atoms. The Balaban J connectivity index is 0.000000232. The van der Waals surface area contributed by atoms with Gasteiger partial charge in [0, 0.05) is 91.1 Å². The van der Waals surface area contributed by atoms with E-state index < -0.39 is 5.60 Å². The third-order valence-corrected chi connectivity index (χ3v) is 17.9. The van der Waals surface area contributed by atoms with Crippen LogP contribution < -0.4 is 21.3 Å². The van der Waals surface area contributed by atoms with Crippen LogP contribution in [0.25, 0.3) is 33.1 Å². The third kappa shape index (κ3) is 21.3. The van der Waals surface area contributed by atoms with Crippen molar-refractivity contribution in [3.63, 3.8) is 0 Å². The number of nitrogens with one attached hydrogen (secondary N) is 4. The van der Waals surface area contributed by atoms with Crippen LogP contribution in [0.1, 0.15) is 184 Å². The predicted octanol–water partition coefficient (Wildman–Crippen LogP) is 17.1. The summed E-state index contributed by atoms with van der Waals surface area (Å²) < 4.78 is 15.6. The number of ether oxygens (including phenoxy) is 2. The molecule has 9 heterocycles. The molecule has 0 aliphatic carbocycles. The molecule has 3 saturated heterocycles. The number of hydrogen-bond acceptors (Lipinski definition) is 15. The van der Waals surface area contributed by atoms with Crippen molar-refractivity contribution in [1.82, 2.24) is 58.7 Å². The van der Waals surface area contributed by atoms with E-state index in [0.29, 0.717) is 93.3 Å². The van der Waals surface area contributed by atoms with Crippen molar-refractivity contribution in [1.29, 1.82) is 0 Å². The topological polar surface area (TPSA) is 268 Å². The Bertz CT molecular complexity index is 4490. The summed E-state index contributed by atoms with van der Waals surface area (Å²) in [4.78, 5) is 104. The van der Waals surface area contributed by atoms with Gasteiger partial charge in [0.15, 0.2) is 0 Å². The monoisotopic (exact) mass is 1470 g/mol. The first-order chi connectivity index (χ1) is 47.8. The highest BCUT2D eigenvalue weighted by molar-refractivity contribution is 6.36. The van der Waals surface area contributed by atoms with Gasteiger partial charge in [0.2, 0.25) is 23.8 Å². The zero-order valence-electron chi connectivity index (χ0n) is 58.0. The van der Waals surface area contributed by atoms with Crippen molar-refractivity contribution in [2.45, 2.75) is 166 Å². The van der Waals surface area contributed by atoms with E-state index in [2.05, 4.69) is 58.7 Å². The van der Waals surface area contributed by atoms with E-state index in [0.717, 1.165) is 133 Å². The molecule has 0 unspecified atom stereocenters. The quantitative estimate of drug-likeness (QED) is 0.0503. The lowest BCUT2D eigenvalue weighted by molar-refractivity contribution is -0.126. The molecule has 9 aromatic rings. The highest BCUT2D eigenvalue weighted by Crippen LogP contribution is 2.38. The molecule has 23 nitrogen and oxygen atoms in total. The molecule has 6 aromatic heterocycles. The highest BCUT2D eigenvalue weighted by atomic mass is 35.5. The van der Waals surface area contributed by atoms with Gasteiger partial charge in [-0.2, -0.15) is 0 Å². The summed E-state index contributed by atoms with van der Waals surface area (Å²) in [5.74, 6) is 0.520. The first-order valence-corrected chi connectivity index (χ1v) is 34.5. The Hall–Kier alpha value is -9.55. The SMILES string of the molecule is C.C.C.C=CC(=O)N1CCCC[C@@H](n2c(NC(=O)c3ccnc(C)c3)nc3cc(C)cc(Cl)c32)C1.C=COC=O.Cc1cc(Cl)c2c(c1)nc(NC(=O)c1ccnc(C)c1)n2[C@@H]1CCCCN(C(=O)OC(C)(C)C)C1.Cc1cc(Cl)c2c(c1)nc(NC(=O)c1ccnc(C)c1)n2[C@@H]1CCCCNC1. The molecule has 4 N–H and O–H groups in total. The molecule has 3 atom stereocenters. The van der Waals surface area contributed by atoms with Crippen LogP contribution in [0.5, 0.6) is 0 Å². The molecule has 0 bridgehead atoms. The fourth-order valence-electron chi connectivity index (χ4n) is 12.6.